The Morgan fingerprint density at radius 1 is 1.22 bits per heavy atom. The zero-order valence-corrected chi connectivity index (χ0v) is 11.9. The largest absolute Gasteiger partial charge is 0.374 e. The number of ether oxygens (including phenoxy) is 1. The van der Waals surface area contributed by atoms with E-state index in [1.165, 1.54) is 0 Å². The number of anilines is 1. The molecule has 0 saturated carbocycles. The molecule has 0 fully saturated rings. The second kappa shape index (κ2) is 6.01. The van der Waals surface area contributed by atoms with Crippen LogP contribution in [0.25, 0.3) is 0 Å². The molecule has 18 heavy (non-hydrogen) atoms. The number of carbonyl (C=O) groups is 1. The molecule has 0 aliphatic rings. The molecule has 0 aliphatic heterocycles. The summed E-state index contributed by atoms with van der Waals surface area (Å²) in [4.78, 5) is 11.8. The second-order valence-electron chi connectivity index (χ2n) is 5.76. The molecule has 0 unspecified atom stereocenters. The van der Waals surface area contributed by atoms with Gasteiger partial charge in [-0.15, -0.1) is 0 Å². The second-order valence-corrected chi connectivity index (χ2v) is 5.76. The number of hydrogen-bond donors (Lipinski definition) is 1. The van der Waals surface area contributed by atoms with Gasteiger partial charge in [-0.2, -0.15) is 0 Å². The van der Waals surface area contributed by atoms with Crippen LogP contribution < -0.4 is 5.32 Å². The third-order valence-electron chi connectivity index (χ3n) is 2.48. The summed E-state index contributed by atoms with van der Waals surface area (Å²) in [5.41, 5.74) is 1.56. The van der Waals surface area contributed by atoms with Crippen LogP contribution in [0.1, 0.15) is 40.2 Å². The Labute approximate surface area is 110 Å². The molecular weight excluding hydrogens is 226 g/mol. The summed E-state index contributed by atoms with van der Waals surface area (Å²) in [6.45, 7) is 10.3. The zero-order valence-electron chi connectivity index (χ0n) is 11.9. The van der Waals surface area contributed by atoms with E-state index >= 15 is 0 Å². The lowest BCUT2D eigenvalue weighted by molar-refractivity contribution is -0.123. The Morgan fingerprint density at radius 3 is 2.22 bits per heavy atom. The van der Waals surface area contributed by atoms with E-state index in [4.69, 9.17) is 4.74 Å². The molecule has 1 aromatic carbocycles. The fourth-order valence-corrected chi connectivity index (χ4v) is 1.27. The minimum absolute atomic E-state index is 0.0219. The highest BCUT2D eigenvalue weighted by atomic mass is 16.5. The Morgan fingerprint density at radius 2 is 1.78 bits per heavy atom. The topological polar surface area (TPSA) is 38.3 Å². The molecule has 0 spiro atoms. The van der Waals surface area contributed by atoms with Gasteiger partial charge >= 0.3 is 0 Å². The fourth-order valence-electron chi connectivity index (χ4n) is 1.27. The maximum absolute atomic E-state index is 11.8. The van der Waals surface area contributed by atoms with Crippen molar-refractivity contribution in [2.75, 3.05) is 5.32 Å². The summed E-state index contributed by atoms with van der Waals surface area (Å²) in [7, 11) is 0. The maximum Gasteiger partial charge on any atom is 0.229 e. The van der Waals surface area contributed by atoms with E-state index in [2.05, 4.69) is 5.32 Å². The van der Waals surface area contributed by atoms with Crippen LogP contribution in [0.2, 0.25) is 0 Å². The molecule has 0 radical (unpaired) electrons. The van der Waals surface area contributed by atoms with Crippen molar-refractivity contribution in [3.63, 3.8) is 0 Å². The van der Waals surface area contributed by atoms with Gasteiger partial charge < -0.3 is 10.1 Å². The van der Waals surface area contributed by atoms with Gasteiger partial charge in [-0.1, -0.05) is 32.9 Å². The highest BCUT2D eigenvalue weighted by molar-refractivity contribution is 5.94. The van der Waals surface area contributed by atoms with E-state index in [0.29, 0.717) is 6.61 Å². The van der Waals surface area contributed by atoms with Crippen LogP contribution >= 0.6 is 0 Å². The predicted octanol–water partition coefficient (Wildman–Crippen LogP) is 3.60. The Bertz CT molecular complexity index is 388. The molecule has 1 rings (SSSR count). The van der Waals surface area contributed by atoms with Crippen LogP contribution in [-0.2, 0) is 16.1 Å². The van der Waals surface area contributed by atoms with Crippen LogP contribution in [-0.4, -0.2) is 12.0 Å². The summed E-state index contributed by atoms with van der Waals surface area (Å²) in [5.74, 6) is 0.0219. The molecule has 0 aromatic heterocycles. The average molecular weight is 249 g/mol. The minimum Gasteiger partial charge on any atom is -0.374 e. The SMILES string of the molecule is CC(C)OCc1ccc(NC(=O)C(C)(C)C)cc1. The van der Waals surface area contributed by atoms with Gasteiger partial charge in [0.05, 0.1) is 12.7 Å². The van der Waals surface area contributed by atoms with Gasteiger partial charge in [0.1, 0.15) is 0 Å². The molecule has 0 atom stereocenters. The predicted molar refractivity (Wildman–Crippen MR) is 74.5 cm³/mol. The van der Waals surface area contributed by atoms with Gasteiger partial charge in [0.25, 0.3) is 0 Å². The molecule has 100 valence electrons. The normalized spacial score (nSPS) is 11.7. The summed E-state index contributed by atoms with van der Waals surface area (Å²) in [5, 5.41) is 2.89. The lowest BCUT2D eigenvalue weighted by atomic mass is 9.95. The molecule has 3 heteroatoms. The fraction of sp³-hybridized carbons (Fsp3) is 0.533. The number of benzene rings is 1. The number of hydrogen-bond acceptors (Lipinski definition) is 2. The van der Waals surface area contributed by atoms with Gasteiger partial charge in [-0.3, -0.25) is 4.79 Å². The highest BCUT2D eigenvalue weighted by Gasteiger charge is 2.20. The van der Waals surface area contributed by atoms with Crippen molar-refractivity contribution in [1.29, 1.82) is 0 Å². The van der Waals surface area contributed by atoms with Gasteiger partial charge in [0.2, 0.25) is 5.91 Å². The first-order valence-corrected chi connectivity index (χ1v) is 6.31. The van der Waals surface area contributed by atoms with Crippen molar-refractivity contribution in [2.24, 2.45) is 5.41 Å². The van der Waals surface area contributed by atoms with E-state index in [-0.39, 0.29) is 17.4 Å². The highest BCUT2D eigenvalue weighted by Crippen LogP contribution is 2.18. The van der Waals surface area contributed by atoms with Crippen LogP contribution in [0.15, 0.2) is 24.3 Å². The average Bonchev–Trinajstić information content (AvgIpc) is 2.26. The first-order chi connectivity index (χ1) is 8.29. The van der Waals surface area contributed by atoms with Crippen LogP contribution in [0.3, 0.4) is 0 Å². The Hall–Kier alpha value is -1.35. The molecule has 0 aliphatic carbocycles. The number of rotatable bonds is 4. The molecule has 0 saturated heterocycles. The van der Waals surface area contributed by atoms with Gasteiger partial charge in [0, 0.05) is 11.1 Å². The van der Waals surface area contributed by atoms with Crippen molar-refractivity contribution in [3.8, 4) is 0 Å². The van der Waals surface area contributed by atoms with Crippen molar-refractivity contribution < 1.29 is 9.53 Å². The number of carbonyl (C=O) groups excluding carboxylic acids is 1. The third kappa shape index (κ3) is 4.88. The van der Waals surface area contributed by atoms with Crippen LogP contribution in [0, 0.1) is 5.41 Å². The molecule has 1 amide bonds. The molecule has 1 aromatic rings. The standard InChI is InChI=1S/C15H23NO2/c1-11(2)18-10-12-6-8-13(9-7-12)16-14(17)15(3,4)5/h6-9,11H,10H2,1-5H3,(H,16,17). The van der Waals surface area contributed by atoms with E-state index < -0.39 is 0 Å². The van der Waals surface area contributed by atoms with Gasteiger partial charge in [0.15, 0.2) is 0 Å². The first-order valence-electron chi connectivity index (χ1n) is 6.31. The van der Waals surface area contributed by atoms with Gasteiger partial charge in [-0.25, -0.2) is 0 Å². The Kier molecular flexibility index (Phi) is 4.91. The summed E-state index contributed by atoms with van der Waals surface area (Å²) < 4.78 is 5.52. The smallest absolute Gasteiger partial charge is 0.229 e. The van der Waals surface area contributed by atoms with E-state index in [9.17, 15) is 4.79 Å². The van der Waals surface area contributed by atoms with Crippen molar-refractivity contribution in [2.45, 2.75) is 47.3 Å². The number of amides is 1. The monoisotopic (exact) mass is 249 g/mol. The van der Waals surface area contributed by atoms with Gasteiger partial charge in [-0.05, 0) is 31.5 Å². The van der Waals surface area contributed by atoms with E-state index in [1.807, 2.05) is 58.9 Å². The van der Waals surface area contributed by atoms with Crippen molar-refractivity contribution in [3.05, 3.63) is 29.8 Å². The first kappa shape index (κ1) is 14.7. The minimum atomic E-state index is -0.376. The quantitative estimate of drug-likeness (QED) is 0.885. The lowest BCUT2D eigenvalue weighted by Crippen LogP contribution is -2.27. The Balaban J connectivity index is 2.58. The lowest BCUT2D eigenvalue weighted by Gasteiger charge is -2.17. The summed E-state index contributed by atoms with van der Waals surface area (Å²) >= 11 is 0. The van der Waals surface area contributed by atoms with Crippen LogP contribution in [0.5, 0.6) is 0 Å². The molecule has 3 nitrogen and oxygen atoms in total. The maximum atomic E-state index is 11.8. The molecule has 0 bridgehead atoms. The molecular formula is C15H23NO2. The summed E-state index contributed by atoms with van der Waals surface area (Å²) in [6.07, 6.45) is 0.227. The van der Waals surface area contributed by atoms with Crippen molar-refractivity contribution in [1.82, 2.24) is 0 Å². The number of nitrogens with one attached hydrogen (secondary N) is 1. The third-order valence-corrected chi connectivity index (χ3v) is 2.48. The molecule has 1 N–H and O–H groups in total. The molecule has 0 heterocycles. The van der Waals surface area contributed by atoms with E-state index in [0.717, 1.165) is 11.3 Å². The van der Waals surface area contributed by atoms with Crippen molar-refractivity contribution >= 4 is 11.6 Å². The van der Waals surface area contributed by atoms with E-state index in [1.54, 1.807) is 0 Å². The summed E-state index contributed by atoms with van der Waals surface area (Å²) in [6, 6.07) is 7.76. The van der Waals surface area contributed by atoms with Crippen LogP contribution in [0.4, 0.5) is 5.69 Å². The zero-order chi connectivity index (χ0) is 13.8.